The molecule has 0 unspecified atom stereocenters. The molecule has 0 saturated heterocycles. The molecule has 3 rings (SSSR count). The Morgan fingerprint density at radius 2 is 1.48 bits per heavy atom. The topological polar surface area (TPSA) is 46.2 Å². The molecule has 0 aliphatic heterocycles. The van der Waals surface area contributed by atoms with E-state index in [1.165, 1.54) is 0 Å². The number of benzene rings is 3. The molecular formula is C19H19NO2S. The number of hydrogen-bond donors (Lipinski definition) is 1. The monoisotopic (exact) mass is 325 g/mol. The second-order valence-corrected chi connectivity index (χ2v) is 7.57. The van der Waals surface area contributed by atoms with E-state index < -0.39 is 10.0 Å². The number of rotatable bonds is 4. The zero-order chi connectivity index (χ0) is 16.4. The Bertz CT molecular complexity index is 929. The Hall–Kier alpha value is -2.33. The van der Waals surface area contributed by atoms with Crippen LogP contribution in [0.5, 0.6) is 0 Å². The first kappa shape index (κ1) is 15.6. The first-order valence-electron chi connectivity index (χ1n) is 7.57. The van der Waals surface area contributed by atoms with Crippen LogP contribution in [0.1, 0.15) is 25.3 Å². The fourth-order valence-corrected chi connectivity index (χ4v) is 3.55. The molecular weight excluding hydrogens is 306 g/mol. The Labute approximate surface area is 137 Å². The maximum Gasteiger partial charge on any atom is 0.261 e. The predicted molar refractivity (Wildman–Crippen MR) is 95.3 cm³/mol. The van der Waals surface area contributed by atoms with Crippen molar-refractivity contribution in [2.75, 3.05) is 4.72 Å². The summed E-state index contributed by atoms with van der Waals surface area (Å²) in [5.74, 6) is 0.375. The fourth-order valence-electron chi connectivity index (χ4n) is 2.50. The van der Waals surface area contributed by atoms with Crippen LogP contribution in [0.25, 0.3) is 10.8 Å². The van der Waals surface area contributed by atoms with E-state index in [4.69, 9.17) is 0 Å². The van der Waals surface area contributed by atoms with Gasteiger partial charge in [0.1, 0.15) is 0 Å². The van der Waals surface area contributed by atoms with Crippen molar-refractivity contribution in [2.45, 2.75) is 24.7 Å². The van der Waals surface area contributed by atoms with Gasteiger partial charge in [-0.1, -0.05) is 56.3 Å². The van der Waals surface area contributed by atoms with Crippen molar-refractivity contribution in [3.05, 3.63) is 72.3 Å². The summed E-state index contributed by atoms with van der Waals surface area (Å²) in [5, 5.41) is 2.08. The van der Waals surface area contributed by atoms with Crippen LogP contribution >= 0.6 is 0 Å². The molecule has 0 aromatic heterocycles. The van der Waals surface area contributed by atoms with Crippen molar-refractivity contribution < 1.29 is 8.42 Å². The summed E-state index contributed by atoms with van der Waals surface area (Å²) in [6.07, 6.45) is 0. The van der Waals surface area contributed by atoms with E-state index in [0.29, 0.717) is 11.6 Å². The normalized spacial score (nSPS) is 11.8. The molecule has 0 heterocycles. The van der Waals surface area contributed by atoms with Gasteiger partial charge in [-0.2, -0.15) is 0 Å². The SMILES string of the molecule is CC(C)c1ccc(S(=O)(=O)Nc2ccc3ccccc3c2)cc1. The van der Waals surface area contributed by atoms with Gasteiger partial charge in [-0.3, -0.25) is 4.72 Å². The molecule has 0 radical (unpaired) electrons. The number of sulfonamides is 1. The van der Waals surface area contributed by atoms with Crippen LogP contribution in [0.4, 0.5) is 5.69 Å². The molecule has 0 amide bonds. The molecule has 3 aromatic carbocycles. The number of anilines is 1. The van der Waals surface area contributed by atoms with Gasteiger partial charge in [-0.05, 0) is 46.5 Å². The minimum atomic E-state index is -3.57. The summed E-state index contributed by atoms with van der Waals surface area (Å²) in [6, 6.07) is 20.4. The van der Waals surface area contributed by atoms with Crippen LogP contribution < -0.4 is 4.72 Å². The highest BCUT2D eigenvalue weighted by Gasteiger charge is 2.14. The van der Waals surface area contributed by atoms with Gasteiger partial charge < -0.3 is 0 Å². The number of hydrogen-bond acceptors (Lipinski definition) is 2. The van der Waals surface area contributed by atoms with Crippen molar-refractivity contribution in [1.82, 2.24) is 0 Å². The third-order valence-electron chi connectivity index (χ3n) is 3.86. The average molecular weight is 325 g/mol. The lowest BCUT2D eigenvalue weighted by Crippen LogP contribution is -2.12. The third-order valence-corrected chi connectivity index (χ3v) is 5.26. The zero-order valence-electron chi connectivity index (χ0n) is 13.2. The maximum atomic E-state index is 12.5. The standard InChI is InChI=1S/C19H19NO2S/c1-14(2)15-8-11-19(12-9-15)23(21,22)20-18-10-7-16-5-3-4-6-17(16)13-18/h3-14,20H,1-2H3. The van der Waals surface area contributed by atoms with E-state index in [9.17, 15) is 8.42 Å². The Morgan fingerprint density at radius 3 is 2.13 bits per heavy atom. The van der Waals surface area contributed by atoms with Crippen molar-refractivity contribution in [1.29, 1.82) is 0 Å². The van der Waals surface area contributed by atoms with Crippen LogP contribution in [0.15, 0.2) is 71.6 Å². The summed E-state index contributed by atoms with van der Waals surface area (Å²) < 4.78 is 27.7. The van der Waals surface area contributed by atoms with Crippen molar-refractivity contribution >= 4 is 26.5 Å². The van der Waals surface area contributed by atoms with Gasteiger partial charge in [0.05, 0.1) is 4.90 Å². The quantitative estimate of drug-likeness (QED) is 0.751. The lowest BCUT2D eigenvalue weighted by Gasteiger charge is -2.10. The summed E-state index contributed by atoms with van der Waals surface area (Å²) in [7, 11) is -3.57. The molecule has 23 heavy (non-hydrogen) atoms. The molecule has 0 aliphatic carbocycles. The van der Waals surface area contributed by atoms with Crippen LogP contribution in [-0.2, 0) is 10.0 Å². The summed E-state index contributed by atoms with van der Waals surface area (Å²) in [6.45, 7) is 4.16. The Balaban J connectivity index is 1.89. The highest BCUT2D eigenvalue weighted by molar-refractivity contribution is 7.92. The molecule has 3 aromatic rings. The molecule has 0 bridgehead atoms. The third kappa shape index (κ3) is 3.37. The van der Waals surface area contributed by atoms with Gasteiger partial charge in [0.15, 0.2) is 0 Å². The second kappa shape index (κ2) is 6.05. The second-order valence-electron chi connectivity index (χ2n) is 5.89. The van der Waals surface area contributed by atoms with E-state index in [1.54, 1.807) is 18.2 Å². The Morgan fingerprint density at radius 1 is 0.826 bits per heavy atom. The van der Waals surface area contributed by atoms with Crippen molar-refractivity contribution in [3.8, 4) is 0 Å². The van der Waals surface area contributed by atoms with Gasteiger partial charge in [0, 0.05) is 5.69 Å². The molecule has 0 fully saturated rings. The van der Waals surface area contributed by atoms with E-state index >= 15 is 0 Å². The summed E-state index contributed by atoms with van der Waals surface area (Å²) in [4.78, 5) is 0.273. The first-order valence-corrected chi connectivity index (χ1v) is 9.05. The number of nitrogens with one attached hydrogen (secondary N) is 1. The van der Waals surface area contributed by atoms with Gasteiger partial charge in [0.2, 0.25) is 0 Å². The number of fused-ring (bicyclic) bond motifs is 1. The van der Waals surface area contributed by atoms with Crippen LogP contribution in [0, 0.1) is 0 Å². The summed E-state index contributed by atoms with van der Waals surface area (Å²) >= 11 is 0. The zero-order valence-corrected chi connectivity index (χ0v) is 14.0. The highest BCUT2D eigenvalue weighted by Crippen LogP contribution is 2.23. The van der Waals surface area contributed by atoms with Gasteiger partial charge in [-0.25, -0.2) is 8.42 Å². The highest BCUT2D eigenvalue weighted by atomic mass is 32.2. The van der Waals surface area contributed by atoms with Crippen LogP contribution in [-0.4, -0.2) is 8.42 Å². The van der Waals surface area contributed by atoms with E-state index in [0.717, 1.165) is 16.3 Å². The molecule has 0 spiro atoms. The van der Waals surface area contributed by atoms with E-state index in [-0.39, 0.29) is 4.90 Å². The predicted octanol–water partition coefficient (Wildman–Crippen LogP) is 4.76. The average Bonchev–Trinajstić information content (AvgIpc) is 2.54. The first-order chi connectivity index (χ1) is 11.0. The van der Waals surface area contributed by atoms with Gasteiger partial charge in [0.25, 0.3) is 10.0 Å². The molecule has 3 nitrogen and oxygen atoms in total. The molecule has 1 N–H and O–H groups in total. The molecule has 0 saturated carbocycles. The summed E-state index contributed by atoms with van der Waals surface area (Å²) in [5.41, 5.74) is 1.69. The molecule has 0 aliphatic rings. The fraction of sp³-hybridized carbons (Fsp3) is 0.158. The van der Waals surface area contributed by atoms with Crippen LogP contribution in [0.2, 0.25) is 0 Å². The van der Waals surface area contributed by atoms with Crippen LogP contribution in [0.3, 0.4) is 0 Å². The van der Waals surface area contributed by atoms with Gasteiger partial charge in [-0.15, -0.1) is 0 Å². The minimum absolute atomic E-state index is 0.273. The molecule has 118 valence electrons. The Kier molecular flexibility index (Phi) is 4.09. The lowest BCUT2D eigenvalue weighted by molar-refractivity contribution is 0.601. The minimum Gasteiger partial charge on any atom is -0.280 e. The van der Waals surface area contributed by atoms with Crippen molar-refractivity contribution in [2.24, 2.45) is 0 Å². The van der Waals surface area contributed by atoms with E-state index in [1.807, 2.05) is 48.5 Å². The smallest absolute Gasteiger partial charge is 0.261 e. The molecule has 4 heteroatoms. The van der Waals surface area contributed by atoms with Gasteiger partial charge >= 0.3 is 0 Å². The van der Waals surface area contributed by atoms with Crippen molar-refractivity contribution in [3.63, 3.8) is 0 Å². The van der Waals surface area contributed by atoms with E-state index in [2.05, 4.69) is 18.6 Å². The largest absolute Gasteiger partial charge is 0.280 e. The maximum absolute atomic E-state index is 12.5. The lowest BCUT2D eigenvalue weighted by atomic mass is 10.0. The molecule has 0 atom stereocenters.